The van der Waals surface area contributed by atoms with Gasteiger partial charge in [-0.3, -0.25) is 4.90 Å². The number of anilines is 1. The number of nitrogens with one attached hydrogen (secondary N) is 2. The van der Waals surface area contributed by atoms with Gasteiger partial charge in [0.05, 0.1) is 6.20 Å². The van der Waals surface area contributed by atoms with E-state index in [0.717, 1.165) is 19.6 Å². The molecule has 0 radical (unpaired) electrons. The van der Waals surface area contributed by atoms with Crippen molar-refractivity contribution in [2.24, 2.45) is 0 Å². The molecule has 3 heteroatoms. The van der Waals surface area contributed by atoms with Gasteiger partial charge < -0.3 is 4.90 Å². The molecule has 0 unspecified atom stereocenters. The molecule has 0 aliphatic carbocycles. The number of aromatic amines is 1. The molecule has 2 heterocycles. The van der Waals surface area contributed by atoms with Crippen molar-refractivity contribution in [2.45, 2.75) is 6.54 Å². The lowest BCUT2D eigenvalue weighted by Gasteiger charge is -2.28. The number of hydrogen-bond acceptors (Lipinski definition) is 1. The third-order valence-corrected chi connectivity index (χ3v) is 5.02. The molecule has 3 aromatic rings. The summed E-state index contributed by atoms with van der Waals surface area (Å²) in [6.45, 7) is 5.70. The number of piperazine rings is 1. The van der Waals surface area contributed by atoms with Gasteiger partial charge in [0.25, 0.3) is 5.82 Å². The lowest BCUT2D eigenvalue weighted by Crippen LogP contribution is -3.13. The molecule has 1 saturated heterocycles. The Hall–Kier alpha value is -2.65. The van der Waals surface area contributed by atoms with Crippen molar-refractivity contribution in [2.75, 3.05) is 31.1 Å². The summed E-state index contributed by atoms with van der Waals surface area (Å²) in [4.78, 5) is 7.45. The molecule has 3 nitrogen and oxygen atoms in total. The highest BCUT2D eigenvalue weighted by Crippen LogP contribution is 2.19. The Morgan fingerprint density at radius 3 is 2.12 bits per heavy atom. The third kappa shape index (κ3) is 3.89. The van der Waals surface area contributed by atoms with Gasteiger partial charge in [0.1, 0.15) is 32.7 Å². The number of pyridine rings is 1. The smallest absolute Gasteiger partial charge is 0.274 e. The molecular formula is C22H25N3+2. The number of benzene rings is 2. The van der Waals surface area contributed by atoms with E-state index in [2.05, 4.69) is 76.6 Å². The fraction of sp³-hybridized carbons (Fsp3) is 0.227. The first-order valence-corrected chi connectivity index (χ1v) is 9.08. The predicted octanol–water partition coefficient (Wildman–Crippen LogP) is 2.07. The molecule has 1 aliphatic rings. The molecule has 1 fully saturated rings. The van der Waals surface area contributed by atoms with Crippen LogP contribution in [0, 0.1) is 0 Å². The molecule has 126 valence electrons. The number of hydrogen-bond donors (Lipinski definition) is 1. The average molecular weight is 331 g/mol. The Morgan fingerprint density at radius 1 is 0.760 bits per heavy atom. The highest BCUT2D eigenvalue weighted by atomic mass is 15.3. The maximum Gasteiger partial charge on any atom is 0.274 e. The van der Waals surface area contributed by atoms with Gasteiger partial charge in [0, 0.05) is 11.6 Å². The van der Waals surface area contributed by atoms with Crippen LogP contribution in [-0.4, -0.2) is 26.2 Å². The molecular weight excluding hydrogens is 306 g/mol. The Morgan fingerprint density at radius 2 is 1.44 bits per heavy atom. The molecule has 1 aliphatic heterocycles. The third-order valence-electron chi connectivity index (χ3n) is 5.02. The SMILES string of the molecule is c1ccc(-c2ccc(C[NH+]3CCN(c4cccc[nH+]4)CC3)cc2)cc1. The summed E-state index contributed by atoms with van der Waals surface area (Å²) in [5.74, 6) is 1.23. The summed E-state index contributed by atoms with van der Waals surface area (Å²) >= 11 is 0. The fourth-order valence-electron chi connectivity index (χ4n) is 3.56. The van der Waals surface area contributed by atoms with Gasteiger partial charge in [-0.1, -0.05) is 60.7 Å². The van der Waals surface area contributed by atoms with E-state index in [0.29, 0.717) is 0 Å². The minimum absolute atomic E-state index is 1.11. The summed E-state index contributed by atoms with van der Waals surface area (Å²) < 4.78 is 0. The normalized spacial score (nSPS) is 15.3. The van der Waals surface area contributed by atoms with Crippen molar-refractivity contribution in [3.05, 3.63) is 84.6 Å². The summed E-state index contributed by atoms with van der Waals surface area (Å²) in [6.07, 6.45) is 2.00. The van der Waals surface area contributed by atoms with E-state index < -0.39 is 0 Å². The number of aromatic nitrogens is 1. The molecule has 0 spiro atoms. The molecule has 2 aromatic carbocycles. The second-order valence-electron chi connectivity index (χ2n) is 6.72. The van der Waals surface area contributed by atoms with E-state index in [4.69, 9.17) is 0 Å². The van der Waals surface area contributed by atoms with Crippen LogP contribution < -0.4 is 14.8 Å². The van der Waals surface area contributed by atoms with Crippen molar-refractivity contribution in [3.8, 4) is 11.1 Å². The molecule has 25 heavy (non-hydrogen) atoms. The average Bonchev–Trinajstić information content (AvgIpc) is 2.71. The summed E-state index contributed by atoms with van der Waals surface area (Å²) in [5.41, 5.74) is 4.01. The first kappa shape index (κ1) is 15.9. The van der Waals surface area contributed by atoms with E-state index in [1.54, 1.807) is 4.90 Å². The van der Waals surface area contributed by atoms with Crippen LogP contribution in [0.5, 0.6) is 0 Å². The van der Waals surface area contributed by atoms with E-state index >= 15 is 0 Å². The maximum absolute atomic E-state index is 3.34. The largest absolute Gasteiger partial charge is 0.325 e. The van der Waals surface area contributed by atoms with Crippen molar-refractivity contribution in [3.63, 3.8) is 0 Å². The molecule has 2 N–H and O–H groups in total. The topological polar surface area (TPSA) is 21.8 Å². The van der Waals surface area contributed by atoms with Gasteiger partial charge >= 0.3 is 0 Å². The Labute approximate surface area is 149 Å². The zero-order valence-electron chi connectivity index (χ0n) is 14.5. The van der Waals surface area contributed by atoms with Crippen LogP contribution in [-0.2, 0) is 6.54 Å². The quantitative estimate of drug-likeness (QED) is 0.777. The van der Waals surface area contributed by atoms with Gasteiger partial charge in [-0.2, -0.15) is 0 Å². The zero-order valence-corrected chi connectivity index (χ0v) is 14.5. The van der Waals surface area contributed by atoms with E-state index in [1.807, 2.05) is 12.3 Å². The van der Waals surface area contributed by atoms with E-state index in [9.17, 15) is 0 Å². The minimum Gasteiger partial charge on any atom is -0.325 e. The van der Waals surface area contributed by atoms with Crippen molar-refractivity contribution in [1.82, 2.24) is 0 Å². The first-order valence-electron chi connectivity index (χ1n) is 9.08. The number of H-pyrrole nitrogens is 1. The first-order chi connectivity index (χ1) is 12.4. The van der Waals surface area contributed by atoms with Gasteiger partial charge in [0.2, 0.25) is 0 Å². The molecule has 0 bridgehead atoms. The molecule has 0 atom stereocenters. The second-order valence-corrected chi connectivity index (χ2v) is 6.72. The van der Waals surface area contributed by atoms with Crippen LogP contribution in [0.4, 0.5) is 5.82 Å². The van der Waals surface area contributed by atoms with Crippen molar-refractivity contribution < 1.29 is 9.88 Å². The lowest BCUT2D eigenvalue weighted by atomic mass is 10.0. The molecule has 4 rings (SSSR count). The van der Waals surface area contributed by atoms with Crippen LogP contribution in [0.3, 0.4) is 0 Å². The molecule has 1 aromatic heterocycles. The van der Waals surface area contributed by atoms with Crippen LogP contribution >= 0.6 is 0 Å². The number of quaternary nitrogens is 1. The Balaban J connectivity index is 1.34. The van der Waals surface area contributed by atoms with Gasteiger partial charge in [0.15, 0.2) is 0 Å². The maximum atomic E-state index is 3.34. The number of nitrogens with zero attached hydrogens (tertiary/aromatic N) is 1. The van der Waals surface area contributed by atoms with Crippen LogP contribution in [0.15, 0.2) is 79.0 Å². The lowest BCUT2D eigenvalue weighted by molar-refractivity contribution is -0.914. The van der Waals surface area contributed by atoms with Gasteiger partial charge in [-0.15, -0.1) is 0 Å². The molecule has 0 amide bonds. The van der Waals surface area contributed by atoms with Crippen molar-refractivity contribution in [1.29, 1.82) is 0 Å². The summed E-state index contributed by atoms with van der Waals surface area (Å²) in [7, 11) is 0. The minimum atomic E-state index is 1.11. The standard InChI is InChI=1S/C22H23N3/c1-2-6-20(7-3-1)21-11-9-19(10-12-21)18-24-14-16-25(17-15-24)22-8-4-5-13-23-22/h1-13H,14-18H2/p+2. The number of rotatable bonds is 4. The zero-order chi connectivity index (χ0) is 16.9. The summed E-state index contributed by atoms with van der Waals surface area (Å²) in [5, 5.41) is 0. The highest BCUT2D eigenvalue weighted by molar-refractivity contribution is 5.63. The van der Waals surface area contributed by atoms with Crippen LogP contribution in [0.1, 0.15) is 5.56 Å². The second kappa shape index (κ2) is 7.49. The van der Waals surface area contributed by atoms with Crippen molar-refractivity contribution >= 4 is 5.82 Å². The fourth-order valence-corrected chi connectivity index (χ4v) is 3.56. The Kier molecular flexibility index (Phi) is 4.75. The molecule has 0 saturated carbocycles. The van der Waals surface area contributed by atoms with Crippen LogP contribution in [0.2, 0.25) is 0 Å². The highest BCUT2D eigenvalue weighted by Gasteiger charge is 2.25. The van der Waals surface area contributed by atoms with Gasteiger partial charge in [-0.25, -0.2) is 4.98 Å². The van der Waals surface area contributed by atoms with E-state index in [-0.39, 0.29) is 0 Å². The van der Waals surface area contributed by atoms with E-state index in [1.165, 1.54) is 35.6 Å². The Bertz CT molecular complexity index is 777. The predicted molar refractivity (Wildman–Crippen MR) is 101 cm³/mol. The van der Waals surface area contributed by atoms with Gasteiger partial charge in [-0.05, 0) is 17.2 Å². The monoisotopic (exact) mass is 331 g/mol. The summed E-state index contributed by atoms with van der Waals surface area (Å²) in [6, 6.07) is 25.9. The van der Waals surface area contributed by atoms with Crippen LogP contribution in [0.25, 0.3) is 11.1 Å².